The lowest BCUT2D eigenvalue weighted by molar-refractivity contribution is 0.627. The second-order valence-corrected chi connectivity index (χ2v) is 5.99. The molecule has 0 aliphatic rings. The molecule has 0 amide bonds. The van der Waals surface area contributed by atoms with Crippen LogP contribution >= 0.6 is 0 Å². The fourth-order valence-corrected chi connectivity index (χ4v) is 2.90. The van der Waals surface area contributed by atoms with E-state index in [1.54, 1.807) is 23.0 Å². The Morgan fingerprint density at radius 1 is 0.960 bits per heavy atom. The molecule has 2 aromatic heterocycles. The quantitative estimate of drug-likeness (QED) is 0.607. The molecule has 4 aromatic rings. The Hall–Kier alpha value is -3.28. The van der Waals surface area contributed by atoms with E-state index in [2.05, 4.69) is 52.4 Å². The van der Waals surface area contributed by atoms with Crippen molar-refractivity contribution in [1.82, 2.24) is 19.7 Å². The third kappa shape index (κ3) is 2.94. The molecule has 25 heavy (non-hydrogen) atoms. The number of hydrogen-bond acceptors (Lipinski definition) is 4. The van der Waals surface area contributed by atoms with Crippen LogP contribution in [-0.4, -0.2) is 19.7 Å². The standard InChI is InChI=1S/C19H16FN5/c1-12-7-13(2)9-15(8-12)24-18-17-10-23-25(19(17)22-11-21-18)16-5-3-14(20)4-6-16/h3-11H,1-2H3,(H,21,22,24). The molecule has 4 rings (SSSR count). The highest BCUT2D eigenvalue weighted by Gasteiger charge is 2.11. The number of rotatable bonds is 3. The van der Waals surface area contributed by atoms with Crippen molar-refractivity contribution in [1.29, 1.82) is 0 Å². The summed E-state index contributed by atoms with van der Waals surface area (Å²) in [6, 6.07) is 12.4. The molecule has 0 aliphatic heterocycles. The van der Waals surface area contributed by atoms with Gasteiger partial charge >= 0.3 is 0 Å². The summed E-state index contributed by atoms with van der Waals surface area (Å²) in [5, 5.41) is 8.52. The third-order valence-electron chi connectivity index (χ3n) is 3.92. The van der Waals surface area contributed by atoms with Gasteiger partial charge in [0.15, 0.2) is 5.65 Å². The number of fused-ring (bicyclic) bond motifs is 1. The Bertz CT molecular complexity index is 1030. The first-order valence-electron chi connectivity index (χ1n) is 7.90. The number of benzene rings is 2. The van der Waals surface area contributed by atoms with Crippen molar-refractivity contribution in [2.75, 3.05) is 5.32 Å². The van der Waals surface area contributed by atoms with Gasteiger partial charge in [-0.3, -0.25) is 0 Å². The number of nitrogens with one attached hydrogen (secondary N) is 1. The monoisotopic (exact) mass is 333 g/mol. The van der Waals surface area contributed by atoms with Crippen LogP contribution < -0.4 is 5.32 Å². The molecular weight excluding hydrogens is 317 g/mol. The van der Waals surface area contributed by atoms with Crippen LogP contribution in [0.2, 0.25) is 0 Å². The van der Waals surface area contributed by atoms with Gasteiger partial charge in [-0.25, -0.2) is 19.0 Å². The Morgan fingerprint density at radius 3 is 2.40 bits per heavy atom. The number of aromatic nitrogens is 4. The van der Waals surface area contributed by atoms with Crippen LogP contribution in [0.15, 0.2) is 55.0 Å². The molecule has 1 N–H and O–H groups in total. The van der Waals surface area contributed by atoms with E-state index < -0.39 is 0 Å². The fourth-order valence-electron chi connectivity index (χ4n) is 2.90. The van der Waals surface area contributed by atoms with Crippen LogP contribution in [0, 0.1) is 19.7 Å². The molecule has 0 bridgehead atoms. The van der Waals surface area contributed by atoms with E-state index in [-0.39, 0.29) is 5.82 Å². The van der Waals surface area contributed by atoms with E-state index in [1.165, 1.54) is 29.6 Å². The highest BCUT2D eigenvalue weighted by Crippen LogP contribution is 2.25. The van der Waals surface area contributed by atoms with Crippen LogP contribution in [0.25, 0.3) is 16.7 Å². The molecule has 0 unspecified atom stereocenters. The Morgan fingerprint density at radius 2 is 1.68 bits per heavy atom. The largest absolute Gasteiger partial charge is 0.340 e. The van der Waals surface area contributed by atoms with Crippen molar-refractivity contribution in [2.45, 2.75) is 13.8 Å². The summed E-state index contributed by atoms with van der Waals surface area (Å²) in [6.07, 6.45) is 3.21. The first kappa shape index (κ1) is 15.3. The molecule has 0 saturated heterocycles. The van der Waals surface area contributed by atoms with Crippen LogP contribution in [0.4, 0.5) is 15.9 Å². The first-order valence-corrected chi connectivity index (χ1v) is 7.90. The summed E-state index contributed by atoms with van der Waals surface area (Å²) in [5.41, 5.74) is 4.72. The van der Waals surface area contributed by atoms with E-state index in [4.69, 9.17) is 0 Å². The zero-order valence-electron chi connectivity index (χ0n) is 13.9. The summed E-state index contributed by atoms with van der Waals surface area (Å²) in [6.45, 7) is 4.11. The molecule has 124 valence electrons. The number of anilines is 2. The van der Waals surface area contributed by atoms with Crippen molar-refractivity contribution < 1.29 is 4.39 Å². The van der Waals surface area contributed by atoms with Gasteiger partial charge in [0.25, 0.3) is 0 Å². The number of nitrogens with zero attached hydrogens (tertiary/aromatic N) is 4. The van der Waals surface area contributed by atoms with Crippen LogP contribution in [0.5, 0.6) is 0 Å². The van der Waals surface area contributed by atoms with Crippen LogP contribution in [-0.2, 0) is 0 Å². The van der Waals surface area contributed by atoms with E-state index in [9.17, 15) is 4.39 Å². The van der Waals surface area contributed by atoms with Crippen molar-refractivity contribution in [3.8, 4) is 5.69 Å². The minimum Gasteiger partial charge on any atom is -0.340 e. The van der Waals surface area contributed by atoms with Crippen molar-refractivity contribution >= 4 is 22.5 Å². The van der Waals surface area contributed by atoms with Gasteiger partial charge in [0.1, 0.15) is 18.0 Å². The lowest BCUT2D eigenvalue weighted by atomic mass is 10.1. The third-order valence-corrected chi connectivity index (χ3v) is 3.92. The molecule has 0 radical (unpaired) electrons. The van der Waals surface area contributed by atoms with Crippen molar-refractivity contribution in [3.05, 3.63) is 71.9 Å². The molecule has 0 spiro atoms. The molecule has 6 heteroatoms. The SMILES string of the molecule is Cc1cc(C)cc(Nc2ncnc3c2cnn3-c2ccc(F)cc2)c1. The fraction of sp³-hybridized carbons (Fsp3) is 0.105. The maximum atomic E-state index is 13.1. The molecule has 0 atom stereocenters. The molecule has 0 aliphatic carbocycles. The van der Waals surface area contributed by atoms with Gasteiger partial charge < -0.3 is 5.32 Å². The van der Waals surface area contributed by atoms with Gasteiger partial charge in [0.2, 0.25) is 0 Å². The van der Waals surface area contributed by atoms with Gasteiger partial charge in [-0.2, -0.15) is 5.10 Å². The maximum Gasteiger partial charge on any atom is 0.168 e. The minimum absolute atomic E-state index is 0.285. The van der Waals surface area contributed by atoms with Gasteiger partial charge in [0.05, 0.1) is 17.3 Å². The minimum atomic E-state index is -0.285. The van der Waals surface area contributed by atoms with Gasteiger partial charge in [-0.15, -0.1) is 0 Å². The van der Waals surface area contributed by atoms with Gasteiger partial charge in [-0.05, 0) is 61.4 Å². The average molecular weight is 333 g/mol. The van der Waals surface area contributed by atoms with E-state index in [0.717, 1.165) is 16.8 Å². The summed E-state index contributed by atoms with van der Waals surface area (Å²) in [4.78, 5) is 8.68. The zero-order valence-corrected chi connectivity index (χ0v) is 13.9. The summed E-state index contributed by atoms with van der Waals surface area (Å²) >= 11 is 0. The lowest BCUT2D eigenvalue weighted by Gasteiger charge is -2.09. The van der Waals surface area contributed by atoms with Crippen molar-refractivity contribution in [2.24, 2.45) is 0 Å². The number of hydrogen-bond donors (Lipinski definition) is 1. The highest BCUT2D eigenvalue weighted by atomic mass is 19.1. The Kier molecular flexibility index (Phi) is 3.65. The molecule has 0 fully saturated rings. The van der Waals surface area contributed by atoms with Crippen LogP contribution in [0.3, 0.4) is 0 Å². The predicted molar refractivity (Wildman–Crippen MR) is 95.8 cm³/mol. The smallest absolute Gasteiger partial charge is 0.168 e. The first-order chi connectivity index (χ1) is 12.1. The maximum absolute atomic E-state index is 13.1. The molecular formula is C19H16FN5. The topological polar surface area (TPSA) is 55.6 Å². The number of halogens is 1. The van der Waals surface area contributed by atoms with Gasteiger partial charge in [0, 0.05) is 5.69 Å². The summed E-state index contributed by atoms with van der Waals surface area (Å²) < 4.78 is 14.8. The van der Waals surface area contributed by atoms with E-state index >= 15 is 0 Å². The van der Waals surface area contributed by atoms with Crippen LogP contribution in [0.1, 0.15) is 11.1 Å². The van der Waals surface area contributed by atoms with Crippen molar-refractivity contribution in [3.63, 3.8) is 0 Å². The lowest BCUT2D eigenvalue weighted by Crippen LogP contribution is -2.00. The second kappa shape index (κ2) is 5.98. The summed E-state index contributed by atoms with van der Waals surface area (Å²) in [5.74, 6) is 0.398. The normalized spacial score (nSPS) is 11.0. The zero-order chi connectivity index (χ0) is 17.4. The van der Waals surface area contributed by atoms with E-state index in [0.29, 0.717) is 11.5 Å². The van der Waals surface area contributed by atoms with Gasteiger partial charge in [-0.1, -0.05) is 6.07 Å². The molecule has 5 nitrogen and oxygen atoms in total. The molecule has 2 aromatic carbocycles. The average Bonchev–Trinajstić information content (AvgIpc) is 3.00. The summed E-state index contributed by atoms with van der Waals surface area (Å²) in [7, 11) is 0. The molecule has 0 saturated carbocycles. The highest BCUT2D eigenvalue weighted by molar-refractivity contribution is 5.89. The number of aryl methyl sites for hydroxylation is 2. The Balaban J connectivity index is 1.77. The predicted octanol–water partition coefficient (Wildman–Crippen LogP) is 4.32. The Labute approximate surface area is 144 Å². The second-order valence-electron chi connectivity index (χ2n) is 5.99. The van der Waals surface area contributed by atoms with E-state index in [1.807, 2.05) is 0 Å². The molecule has 2 heterocycles.